The standard InChI is InChI=1S/C13H23N3S/c1-4-6-13(14-5-2)16-9-7-15(8-10-16)11-12(3)17/h4-6,12,17H,1,7-11H2,2-3H3/b13-6+,14-5?/t12-/m0/s1. The zero-order valence-electron chi connectivity index (χ0n) is 10.8. The molecule has 0 aromatic carbocycles. The molecule has 96 valence electrons. The summed E-state index contributed by atoms with van der Waals surface area (Å²) in [6.07, 6.45) is 5.60. The summed E-state index contributed by atoms with van der Waals surface area (Å²) >= 11 is 4.43. The second-order valence-electron chi connectivity index (χ2n) is 4.28. The molecule has 0 aromatic rings. The molecule has 17 heavy (non-hydrogen) atoms. The Hall–Kier alpha value is -0.740. The van der Waals surface area contributed by atoms with E-state index in [0.717, 1.165) is 38.5 Å². The van der Waals surface area contributed by atoms with Crippen LogP contribution in [0.2, 0.25) is 0 Å². The van der Waals surface area contributed by atoms with E-state index >= 15 is 0 Å². The van der Waals surface area contributed by atoms with Crippen molar-refractivity contribution in [1.82, 2.24) is 9.80 Å². The van der Waals surface area contributed by atoms with Gasteiger partial charge in [0.15, 0.2) is 0 Å². The number of thiol groups is 1. The fraction of sp³-hybridized carbons (Fsp3) is 0.615. The molecule has 0 bridgehead atoms. The Labute approximate surface area is 110 Å². The number of allylic oxidation sites excluding steroid dienone is 2. The minimum atomic E-state index is 0.443. The van der Waals surface area contributed by atoms with Gasteiger partial charge in [0.05, 0.1) is 0 Å². The summed E-state index contributed by atoms with van der Waals surface area (Å²) < 4.78 is 0. The normalized spacial score (nSPS) is 20.9. The van der Waals surface area contributed by atoms with E-state index in [1.54, 1.807) is 6.08 Å². The van der Waals surface area contributed by atoms with E-state index in [4.69, 9.17) is 0 Å². The molecule has 1 atom stereocenters. The molecule has 1 aliphatic rings. The van der Waals surface area contributed by atoms with Crippen molar-refractivity contribution in [3.63, 3.8) is 0 Å². The number of nitrogens with zero attached hydrogens (tertiary/aromatic N) is 3. The van der Waals surface area contributed by atoms with Gasteiger partial charge in [-0.1, -0.05) is 19.6 Å². The lowest BCUT2D eigenvalue weighted by atomic mass is 10.3. The fourth-order valence-corrected chi connectivity index (χ4v) is 2.23. The zero-order chi connectivity index (χ0) is 12.7. The van der Waals surface area contributed by atoms with E-state index in [-0.39, 0.29) is 0 Å². The Morgan fingerprint density at radius 3 is 2.53 bits per heavy atom. The van der Waals surface area contributed by atoms with Crippen LogP contribution in [0.1, 0.15) is 13.8 Å². The first-order chi connectivity index (χ1) is 8.17. The molecular weight excluding hydrogens is 230 g/mol. The first kappa shape index (κ1) is 14.3. The molecule has 0 aromatic heterocycles. The molecule has 0 saturated carbocycles. The average molecular weight is 253 g/mol. The van der Waals surface area contributed by atoms with Crippen molar-refractivity contribution in [1.29, 1.82) is 0 Å². The first-order valence-electron chi connectivity index (χ1n) is 6.14. The highest BCUT2D eigenvalue weighted by Gasteiger charge is 2.18. The topological polar surface area (TPSA) is 18.8 Å². The lowest BCUT2D eigenvalue weighted by Crippen LogP contribution is -2.47. The van der Waals surface area contributed by atoms with Crippen LogP contribution in [0.3, 0.4) is 0 Å². The molecule has 1 aliphatic heterocycles. The van der Waals surface area contributed by atoms with Crippen molar-refractivity contribution >= 4 is 18.8 Å². The molecule has 0 aliphatic carbocycles. The van der Waals surface area contributed by atoms with Crippen LogP contribution in [-0.2, 0) is 0 Å². The second-order valence-corrected chi connectivity index (χ2v) is 5.17. The van der Waals surface area contributed by atoms with Crippen molar-refractivity contribution in [3.8, 4) is 0 Å². The van der Waals surface area contributed by atoms with E-state index in [0.29, 0.717) is 5.25 Å². The summed E-state index contributed by atoms with van der Waals surface area (Å²) in [5, 5.41) is 0.443. The van der Waals surface area contributed by atoms with Gasteiger partial charge in [-0.25, -0.2) is 4.99 Å². The minimum absolute atomic E-state index is 0.443. The Morgan fingerprint density at radius 1 is 1.41 bits per heavy atom. The predicted molar refractivity (Wildman–Crippen MR) is 78.9 cm³/mol. The third kappa shape index (κ3) is 4.96. The van der Waals surface area contributed by atoms with Gasteiger partial charge in [-0.2, -0.15) is 12.6 Å². The van der Waals surface area contributed by atoms with Crippen LogP contribution < -0.4 is 0 Å². The van der Waals surface area contributed by atoms with Crippen molar-refractivity contribution in [3.05, 3.63) is 24.6 Å². The maximum absolute atomic E-state index is 4.43. The Bertz CT molecular complexity index is 289. The van der Waals surface area contributed by atoms with Gasteiger partial charge >= 0.3 is 0 Å². The summed E-state index contributed by atoms with van der Waals surface area (Å²) in [4.78, 5) is 9.14. The van der Waals surface area contributed by atoms with Crippen molar-refractivity contribution < 1.29 is 0 Å². The number of rotatable bonds is 5. The van der Waals surface area contributed by atoms with Gasteiger partial charge in [0.1, 0.15) is 5.82 Å². The van der Waals surface area contributed by atoms with Gasteiger partial charge in [-0.15, -0.1) is 0 Å². The molecule has 0 N–H and O–H groups in total. The highest BCUT2D eigenvalue weighted by molar-refractivity contribution is 7.80. The van der Waals surface area contributed by atoms with Crippen LogP contribution in [0, 0.1) is 0 Å². The van der Waals surface area contributed by atoms with Crippen LogP contribution in [-0.4, -0.2) is 54.0 Å². The molecule has 4 heteroatoms. The average Bonchev–Trinajstić information content (AvgIpc) is 2.29. The van der Waals surface area contributed by atoms with E-state index in [2.05, 4.69) is 40.9 Å². The molecule has 0 amide bonds. The predicted octanol–water partition coefficient (Wildman–Crippen LogP) is 2.04. The summed E-state index contributed by atoms with van der Waals surface area (Å²) in [6, 6.07) is 0. The van der Waals surface area contributed by atoms with Gasteiger partial charge < -0.3 is 4.90 Å². The number of piperazine rings is 1. The van der Waals surface area contributed by atoms with Gasteiger partial charge in [0, 0.05) is 44.2 Å². The van der Waals surface area contributed by atoms with Crippen molar-refractivity contribution in [2.45, 2.75) is 19.1 Å². The Kier molecular flexibility index (Phi) is 6.37. The number of hydrogen-bond acceptors (Lipinski definition) is 4. The van der Waals surface area contributed by atoms with Gasteiger partial charge in [-0.05, 0) is 13.0 Å². The molecule has 0 radical (unpaired) electrons. The fourth-order valence-electron chi connectivity index (χ4n) is 2.00. The first-order valence-corrected chi connectivity index (χ1v) is 6.65. The van der Waals surface area contributed by atoms with Crippen molar-refractivity contribution in [2.24, 2.45) is 4.99 Å². The maximum atomic E-state index is 4.43. The summed E-state index contributed by atoms with van der Waals surface area (Å²) in [5.74, 6) is 1.01. The van der Waals surface area contributed by atoms with Crippen LogP contribution in [0.4, 0.5) is 0 Å². The van der Waals surface area contributed by atoms with Crippen LogP contribution in [0.25, 0.3) is 0 Å². The molecule has 1 saturated heterocycles. The number of aliphatic imine (C=N–C) groups is 1. The largest absolute Gasteiger partial charge is 0.354 e. The van der Waals surface area contributed by atoms with E-state index in [1.807, 2.05) is 19.2 Å². The molecular formula is C13H23N3S. The van der Waals surface area contributed by atoms with E-state index in [9.17, 15) is 0 Å². The lowest BCUT2D eigenvalue weighted by Gasteiger charge is -2.36. The summed E-state index contributed by atoms with van der Waals surface area (Å²) in [6.45, 7) is 13.1. The van der Waals surface area contributed by atoms with E-state index < -0.39 is 0 Å². The summed E-state index contributed by atoms with van der Waals surface area (Å²) in [5.41, 5.74) is 0. The monoisotopic (exact) mass is 253 g/mol. The molecule has 3 nitrogen and oxygen atoms in total. The summed E-state index contributed by atoms with van der Waals surface area (Å²) in [7, 11) is 0. The highest BCUT2D eigenvalue weighted by atomic mass is 32.1. The van der Waals surface area contributed by atoms with Gasteiger partial charge in [0.2, 0.25) is 0 Å². The SMILES string of the molecule is C=C/C=C(\N=CC)N1CCN(C[C@H](C)S)CC1. The molecule has 1 fully saturated rings. The van der Waals surface area contributed by atoms with Crippen LogP contribution >= 0.6 is 12.6 Å². The van der Waals surface area contributed by atoms with Gasteiger partial charge in [0.25, 0.3) is 0 Å². The molecule has 0 spiro atoms. The lowest BCUT2D eigenvalue weighted by molar-refractivity contribution is 0.160. The highest BCUT2D eigenvalue weighted by Crippen LogP contribution is 2.11. The third-order valence-corrected chi connectivity index (χ3v) is 2.91. The molecule has 1 heterocycles. The second kappa shape index (κ2) is 7.56. The van der Waals surface area contributed by atoms with Gasteiger partial charge in [-0.3, -0.25) is 4.90 Å². The smallest absolute Gasteiger partial charge is 0.128 e. The Morgan fingerprint density at radius 2 is 2.06 bits per heavy atom. The maximum Gasteiger partial charge on any atom is 0.128 e. The molecule has 1 rings (SSSR count). The van der Waals surface area contributed by atoms with E-state index in [1.165, 1.54) is 0 Å². The number of hydrogen-bond donors (Lipinski definition) is 1. The third-order valence-electron chi connectivity index (χ3n) is 2.75. The van der Waals surface area contributed by atoms with Crippen molar-refractivity contribution in [2.75, 3.05) is 32.7 Å². The van der Waals surface area contributed by atoms with Crippen LogP contribution in [0.15, 0.2) is 29.5 Å². The van der Waals surface area contributed by atoms with Crippen LogP contribution in [0.5, 0.6) is 0 Å². The minimum Gasteiger partial charge on any atom is -0.354 e. The Balaban J connectivity index is 2.50. The molecule has 0 unspecified atom stereocenters. The quantitative estimate of drug-likeness (QED) is 0.459. The zero-order valence-corrected chi connectivity index (χ0v) is 11.7.